The number of aromatic nitrogens is 2. The monoisotopic (exact) mass is 363 g/mol. The van der Waals surface area contributed by atoms with Crippen molar-refractivity contribution >= 4 is 23.4 Å². The zero-order chi connectivity index (χ0) is 17.5. The summed E-state index contributed by atoms with van der Waals surface area (Å²) in [5, 5.41) is 3.51. The Morgan fingerprint density at radius 3 is 2.84 bits per heavy atom. The minimum Gasteiger partial charge on any atom is -0.492 e. The van der Waals surface area contributed by atoms with Gasteiger partial charge in [-0.25, -0.2) is 4.98 Å². The Morgan fingerprint density at radius 2 is 2.04 bits per heavy atom. The van der Waals surface area contributed by atoms with Gasteiger partial charge >= 0.3 is 0 Å². The molecule has 0 saturated carbocycles. The Balaban J connectivity index is 1.54. The molecule has 0 spiro atoms. The van der Waals surface area contributed by atoms with Crippen LogP contribution in [0.25, 0.3) is 0 Å². The van der Waals surface area contributed by atoms with Gasteiger partial charge in [0.1, 0.15) is 23.3 Å². The van der Waals surface area contributed by atoms with Gasteiger partial charge in [-0.3, -0.25) is 4.90 Å². The summed E-state index contributed by atoms with van der Waals surface area (Å²) in [4.78, 5) is 10.3. The molecule has 0 amide bonds. The van der Waals surface area contributed by atoms with E-state index in [0.717, 1.165) is 44.2 Å². The van der Waals surface area contributed by atoms with Crippen molar-refractivity contribution in [1.29, 1.82) is 0 Å². The van der Waals surface area contributed by atoms with Crippen molar-refractivity contribution in [2.75, 3.05) is 50.5 Å². The van der Waals surface area contributed by atoms with Crippen LogP contribution in [0.2, 0.25) is 5.15 Å². The Bertz CT molecular complexity index is 674. The normalized spacial score (nSPS) is 15.1. The maximum absolute atomic E-state index is 5.97. The second kappa shape index (κ2) is 8.84. The van der Waals surface area contributed by atoms with E-state index in [0.29, 0.717) is 24.1 Å². The summed E-state index contributed by atoms with van der Waals surface area (Å²) in [5.74, 6) is 1.59. The number of benzene rings is 1. The number of nitrogens with one attached hydrogen (secondary N) is 1. The fraction of sp³-hybridized carbons (Fsp3) is 0.412. The second-order valence-corrected chi connectivity index (χ2v) is 6.09. The van der Waals surface area contributed by atoms with Crippen molar-refractivity contribution in [2.24, 2.45) is 0 Å². The first-order valence-electron chi connectivity index (χ1n) is 8.25. The van der Waals surface area contributed by atoms with Crippen LogP contribution in [0, 0.1) is 0 Å². The summed E-state index contributed by atoms with van der Waals surface area (Å²) in [6, 6.07) is 9.57. The number of anilines is 2. The van der Waals surface area contributed by atoms with Crippen LogP contribution in [-0.2, 0) is 11.3 Å². The van der Waals surface area contributed by atoms with E-state index in [1.54, 1.807) is 6.07 Å². The predicted molar refractivity (Wildman–Crippen MR) is 98.0 cm³/mol. The molecule has 0 aliphatic carbocycles. The summed E-state index contributed by atoms with van der Waals surface area (Å²) in [6.45, 7) is 5.61. The summed E-state index contributed by atoms with van der Waals surface area (Å²) in [5.41, 5.74) is 6.65. The van der Waals surface area contributed by atoms with Gasteiger partial charge in [-0.15, -0.1) is 0 Å². The third-order valence-corrected chi connectivity index (χ3v) is 4.11. The van der Waals surface area contributed by atoms with Crippen LogP contribution in [0.1, 0.15) is 5.56 Å². The van der Waals surface area contributed by atoms with E-state index in [1.807, 2.05) is 24.3 Å². The smallest absolute Gasteiger partial charge is 0.223 e. The van der Waals surface area contributed by atoms with Crippen LogP contribution in [-0.4, -0.2) is 54.3 Å². The lowest BCUT2D eigenvalue weighted by atomic mass is 10.2. The quantitative estimate of drug-likeness (QED) is 0.728. The SMILES string of the molecule is Nc1nc(Cl)cc(NCc2ccccc2OCCN2CCOCC2)n1. The van der Waals surface area contributed by atoms with Crippen molar-refractivity contribution in [3.63, 3.8) is 0 Å². The molecule has 1 aromatic carbocycles. The lowest BCUT2D eigenvalue weighted by Gasteiger charge is -2.26. The Kier molecular flexibility index (Phi) is 6.27. The molecule has 0 atom stereocenters. The van der Waals surface area contributed by atoms with Gasteiger partial charge in [0.25, 0.3) is 0 Å². The number of ether oxygens (including phenoxy) is 2. The van der Waals surface area contributed by atoms with Gasteiger partial charge < -0.3 is 20.5 Å². The lowest BCUT2D eigenvalue weighted by Crippen LogP contribution is -2.38. The van der Waals surface area contributed by atoms with E-state index >= 15 is 0 Å². The van der Waals surface area contributed by atoms with Crippen LogP contribution in [0.3, 0.4) is 0 Å². The van der Waals surface area contributed by atoms with Crippen molar-refractivity contribution < 1.29 is 9.47 Å². The van der Waals surface area contributed by atoms with E-state index in [9.17, 15) is 0 Å². The highest BCUT2D eigenvalue weighted by Crippen LogP contribution is 2.20. The van der Waals surface area contributed by atoms with Crippen LogP contribution >= 0.6 is 11.6 Å². The van der Waals surface area contributed by atoms with Crippen molar-refractivity contribution in [3.05, 3.63) is 41.0 Å². The molecule has 7 nitrogen and oxygen atoms in total. The molecule has 134 valence electrons. The maximum Gasteiger partial charge on any atom is 0.223 e. The molecule has 0 radical (unpaired) electrons. The molecule has 8 heteroatoms. The largest absolute Gasteiger partial charge is 0.492 e. The first-order valence-corrected chi connectivity index (χ1v) is 8.63. The van der Waals surface area contributed by atoms with Crippen LogP contribution in [0.4, 0.5) is 11.8 Å². The summed E-state index contributed by atoms with van der Waals surface area (Å²) < 4.78 is 11.3. The number of para-hydroxylation sites is 1. The highest BCUT2D eigenvalue weighted by molar-refractivity contribution is 6.29. The van der Waals surface area contributed by atoms with Gasteiger partial charge in [-0.2, -0.15) is 4.98 Å². The molecule has 25 heavy (non-hydrogen) atoms. The molecule has 2 aromatic rings. The standard InChI is InChI=1S/C17H22ClN5O2/c18-15-11-16(22-17(19)21-15)20-12-13-3-1-2-4-14(13)25-10-7-23-5-8-24-9-6-23/h1-4,11H,5-10,12H2,(H3,19,20,21,22). The molecule has 2 heterocycles. The molecule has 1 fully saturated rings. The molecule has 0 unspecified atom stereocenters. The van der Waals surface area contributed by atoms with Gasteiger partial charge in [-0.05, 0) is 6.07 Å². The third-order valence-electron chi connectivity index (χ3n) is 3.91. The summed E-state index contributed by atoms with van der Waals surface area (Å²) in [6.07, 6.45) is 0. The van der Waals surface area contributed by atoms with Gasteiger partial charge in [0.2, 0.25) is 5.95 Å². The molecule has 3 N–H and O–H groups in total. The first kappa shape index (κ1) is 17.7. The molecule has 1 aliphatic heterocycles. The second-order valence-electron chi connectivity index (χ2n) is 5.70. The number of nitrogens with zero attached hydrogens (tertiary/aromatic N) is 3. The van der Waals surface area contributed by atoms with Crippen LogP contribution < -0.4 is 15.8 Å². The average Bonchev–Trinajstić information content (AvgIpc) is 2.61. The van der Waals surface area contributed by atoms with Crippen LogP contribution in [0.5, 0.6) is 5.75 Å². The molecule has 1 saturated heterocycles. The first-order chi connectivity index (χ1) is 12.2. The molecule has 1 aromatic heterocycles. The van der Waals surface area contributed by atoms with E-state index in [4.69, 9.17) is 26.8 Å². The summed E-state index contributed by atoms with van der Waals surface area (Å²) >= 11 is 5.90. The minimum absolute atomic E-state index is 0.144. The van der Waals surface area contributed by atoms with Gasteiger partial charge in [-0.1, -0.05) is 29.8 Å². The Hall–Kier alpha value is -2.09. The topological polar surface area (TPSA) is 85.5 Å². The van der Waals surface area contributed by atoms with E-state index in [2.05, 4.69) is 20.2 Å². The highest BCUT2D eigenvalue weighted by Gasteiger charge is 2.10. The number of morpholine rings is 1. The van der Waals surface area contributed by atoms with Crippen molar-refractivity contribution in [3.8, 4) is 5.75 Å². The molecular formula is C17H22ClN5O2. The van der Waals surface area contributed by atoms with E-state index in [1.165, 1.54) is 0 Å². The highest BCUT2D eigenvalue weighted by atomic mass is 35.5. The fourth-order valence-corrected chi connectivity index (χ4v) is 2.80. The Labute approximate surface area is 152 Å². The van der Waals surface area contributed by atoms with Gasteiger partial charge in [0, 0.05) is 37.8 Å². The number of rotatable bonds is 7. The zero-order valence-corrected chi connectivity index (χ0v) is 14.7. The third kappa shape index (κ3) is 5.45. The number of nitrogens with two attached hydrogens (primary N) is 1. The number of nitrogen functional groups attached to an aromatic ring is 1. The van der Waals surface area contributed by atoms with Gasteiger partial charge in [0.05, 0.1) is 13.2 Å². The number of hydrogen-bond donors (Lipinski definition) is 2. The van der Waals surface area contributed by atoms with Crippen molar-refractivity contribution in [2.45, 2.75) is 6.54 Å². The molecule has 1 aliphatic rings. The summed E-state index contributed by atoms with van der Waals surface area (Å²) in [7, 11) is 0. The van der Waals surface area contributed by atoms with E-state index in [-0.39, 0.29) is 5.95 Å². The van der Waals surface area contributed by atoms with Crippen LogP contribution in [0.15, 0.2) is 30.3 Å². The minimum atomic E-state index is 0.144. The van der Waals surface area contributed by atoms with Crippen molar-refractivity contribution in [1.82, 2.24) is 14.9 Å². The molecular weight excluding hydrogens is 342 g/mol. The number of hydrogen-bond acceptors (Lipinski definition) is 7. The molecule has 0 bridgehead atoms. The fourth-order valence-electron chi connectivity index (χ4n) is 2.61. The molecule has 3 rings (SSSR count). The average molecular weight is 364 g/mol. The zero-order valence-electron chi connectivity index (χ0n) is 13.9. The maximum atomic E-state index is 5.97. The van der Waals surface area contributed by atoms with Gasteiger partial charge in [0.15, 0.2) is 0 Å². The lowest BCUT2D eigenvalue weighted by molar-refractivity contribution is 0.0322. The number of halogens is 1. The van der Waals surface area contributed by atoms with E-state index < -0.39 is 0 Å². The Morgan fingerprint density at radius 1 is 1.24 bits per heavy atom. The predicted octanol–water partition coefficient (Wildman–Crippen LogP) is 2.04.